The second kappa shape index (κ2) is 7.62. The number of hydrogen-bond acceptors (Lipinski definition) is 5. The summed E-state index contributed by atoms with van der Waals surface area (Å²) in [4.78, 5) is 14.7. The standard InChI is InChI=1S/C21H23NO4/c1-4-22(5-2)13-18-19(23)11-8-15-12-17(21(24)26-20(15)18)14-6-9-16(25-3)10-7-14/h6-12,23H,4-5,13H2,1-3H3. The van der Waals surface area contributed by atoms with Crippen molar-refractivity contribution < 1.29 is 14.3 Å². The van der Waals surface area contributed by atoms with Crippen molar-refractivity contribution in [1.29, 1.82) is 0 Å². The third-order valence-corrected chi connectivity index (χ3v) is 4.66. The lowest BCUT2D eigenvalue weighted by molar-refractivity contribution is 0.290. The molecule has 0 saturated heterocycles. The first-order chi connectivity index (χ1) is 12.6. The van der Waals surface area contributed by atoms with Crippen molar-refractivity contribution in [1.82, 2.24) is 4.90 Å². The van der Waals surface area contributed by atoms with Crippen molar-refractivity contribution in [2.24, 2.45) is 0 Å². The predicted molar refractivity (Wildman–Crippen MR) is 103 cm³/mol. The van der Waals surface area contributed by atoms with Crippen molar-refractivity contribution in [3.8, 4) is 22.6 Å². The average molecular weight is 353 g/mol. The minimum atomic E-state index is -0.422. The maximum absolute atomic E-state index is 12.6. The van der Waals surface area contributed by atoms with Gasteiger partial charge in [0.15, 0.2) is 0 Å². The van der Waals surface area contributed by atoms with Crippen LogP contribution in [-0.2, 0) is 6.54 Å². The fourth-order valence-electron chi connectivity index (χ4n) is 3.03. The van der Waals surface area contributed by atoms with Crippen LogP contribution >= 0.6 is 0 Å². The van der Waals surface area contributed by atoms with E-state index in [1.165, 1.54) is 0 Å². The molecule has 0 spiro atoms. The van der Waals surface area contributed by atoms with E-state index in [4.69, 9.17) is 9.15 Å². The molecule has 0 fully saturated rings. The van der Waals surface area contributed by atoms with Gasteiger partial charge in [-0.15, -0.1) is 0 Å². The maximum Gasteiger partial charge on any atom is 0.344 e. The normalized spacial score (nSPS) is 11.2. The Kier molecular flexibility index (Phi) is 5.28. The molecule has 136 valence electrons. The molecule has 1 heterocycles. The topological polar surface area (TPSA) is 62.9 Å². The van der Waals surface area contributed by atoms with Crippen LogP contribution in [0.25, 0.3) is 22.1 Å². The van der Waals surface area contributed by atoms with Crippen molar-refractivity contribution >= 4 is 11.0 Å². The first-order valence-corrected chi connectivity index (χ1v) is 8.72. The van der Waals surface area contributed by atoms with Crippen LogP contribution in [0, 0.1) is 0 Å². The molecule has 0 amide bonds. The third-order valence-electron chi connectivity index (χ3n) is 4.66. The van der Waals surface area contributed by atoms with Gasteiger partial charge in [-0.1, -0.05) is 26.0 Å². The molecule has 0 bridgehead atoms. The van der Waals surface area contributed by atoms with Gasteiger partial charge in [-0.2, -0.15) is 0 Å². The SMILES string of the molecule is CCN(CC)Cc1c(O)ccc2cc(-c3ccc(OC)cc3)c(=O)oc12. The molecular weight excluding hydrogens is 330 g/mol. The summed E-state index contributed by atoms with van der Waals surface area (Å²) in [5.74, 6) is 0.870. The van der Waals surface area contributed by atoms with E-state index in [2.05, 4.69) is 18.7 Å². The molecule has 0 atom stereocenters. The Morgan fingerprint density at radius 1 is 1.08 bits per heavy atom. The van der Waals surface area contributed by atoms with Gasteiger partial charge >= 0.3 is 5.63 Å². The Morgan fingerprint density at radius 2 is 1.77 bits per heavy atom. The molecule has 2 aromatic carbocycles. The van der Waals surface area contributed by atoms with Gasteiger partial charge in [0.05, 0.1) is 18.2 Å². The van der Waals surface area contributed by atoms with E-state index in [0.29, 0.717) is 23.3 Å². The summed E-state index contributed by atoms with van der Waals surface area (Å²) in [5.41, 5.74) is 1.91. The van der Waals surface area contributed by atoms with Crippen LogP contribution in [0.3, 0.4) is 0 Å². The van der Waals surface area contributed by atoms with Crippen LogP contribution in [0.1, 0.15) is 19.4 Å². The Hall–Kier alpha value is -2.79. The molecule has 5 heteroatoms. The molecule has 3 rings (SSSR count). The van der Waals surface area contributed by atoms with E-state index in [-0.39, 0.29) is 5.75 Å². The number of aromatic hydroxyl groups is 1. The van der Waals surface area contributed by atoms with Gasteiger partial charge in [0.25, 0.3) is 0 Å². The molecular formula is C21H23NO4. The molecule has 26 heavy (non-hydrogen) atoms. The second-order valence-electron chi connectivity index (χ2n) is 6.12. The summed E-state index contributed by atoms with van der Waals surface area (Å²) >= 11 is 0. The van der Waals surface area contributed by atoms with Crippen molar-refractivity contribution in [2.45, 2.75) is 20.4 Å². The highest BCUT2D eigenvalue weighted by atomic mass is 16.5. The minimum absolute atomic E-state index is 0.143. The number of benzene rings is 2. The lowest BCUT2D eigenvalue weighted by Gasteiger charge is -2.19. The van der Waals surface area contributed by atoms with E-state index in [9.17, 15) is 9.90 Å². The highest BCUT2D eigenvalue weighted by molar-refractivity contribution is 5.85. The second-order valence-corrected chi connectivity index (χ2v) is 6.12. The maximum atomic E-state index is 12.6. The monoisotopic (exact) mass is 353 g/mol. The van der Waals surface area contributed by atoms with Gasteiger partial charge in [-0.05, 0) is 49.0 Å². The molecule has 5 nitrogen and oxygen atoms in total. The Balaban J connectivity index is 2.11. The summed E-state index contributed by atoms with van der Waals surface area (Å²) in [5, 5.41) is 11.1. The number of nitrogens with zero attached hydrogens (tertiary/aromatic N) is 1. The Morgan fingerprint density at radius 3 is 2.38 bits per heavy atom. The molecule has 0 saturated carbocycles. The predicted octanol–water partition coefficient (Wildman–Crippen LogP) is 4.02. The van der Waals surface area contributed by atoms with Gasteiger partial charge in [-0.25, -0.2) is 4.79 Å². The Bertz CT molecular complexity index is 956. The van der Waals surface area contributed by atoms with Gasteiger partial charge in [-0.3, -0.25) is 4.90 Å². The zero-order valence-electron chi connectivity index (χ0n) is 15.3. The van der Waals surface area contributed by atoms with Crippen LogP contribution in [-0.4, -0.2) is 30.2 Å². The lowest BCUT2D eigenvalue weighted by atomic mass is 10.0. The number of fused-ring (bicyclic) bond motifs is 1. The van der Waals surface area contributed by atoms with E-state index < -0.39 is 5.63 Å². The minimum Gasteiger partial charge on any atom is -0.507 e. The van der Waals surface area contributed by atoms with Crippen molar-refractivity contribution in [3.05, 3.63) is 58.4 Å². The summed E-state index contributed by atoms with van der Waals surface area (Å²) in [7, 11) is 1.60. The van der Waals surface area contributed by atoms with Crippen LogP contribution in [0.4, 0.5) is 0 Å². The number of rotatable bonds is 6. The highest BCUT2D eigenvalue weighted by Crippen LogP contribution is 2.30. The molecule has 0 radical (unpaired) electrons. The number of phenolic OH excluding ortho intramolecular Hbond substituents is 1. The molecule has 0 aliphatic heterocycles. The quantitative estimate of drug-likeness (QED) is 0.678. The zero-order chi connectivity index (χ0) is 18.7. The highest BCUT2D eigenvalue weighted by Gasteiger charge is 2.15. The molecule has 1 aromatic heterocycles. The van der Waals surface area contributed by atoms with Crippen molar-refractivity contribution in [2.75, 3.05) is 20.2 Å². The van der Waals surface area contributed by atoms with Crippen LogP contribution in [0.15, 0.2) is 51.7 Å². The summed E-state index contributed by atoms with van der Waals surface area (Å²) in [6, 6.07) is 12.5. The van der Waals surface area contributed by atoms with Crippen molar-refractivity contribution in [3.63, 3.8) is 0 Å². The molecule has 0 unspecified atom stereocenters. The summed E-state index contributed by atoms with van der Waals surface area (Å²) < 4.78 is 10.8. The average Bonchev–Trinajstić information content (AvgIpc) is 2.67. The van der Waals surface area contributed by atoms with E-state index >= 15 is 0 Å². The van der Waals surface area contributed by atoms with Gasteiger partial charge in [0, 0.05) is 11.9 Å². The van der Waals surface area contributed by atoms with Crippen LogP contribution in [0.5, 0.6) is 11.5 Å². The third kappa shape index (κ3) is 3.44. The molecule has 3 aromatic rings. The summed E-state index contributed by atoms with van der Waals surface area (Å²) in [6.45, 7) is 6.34. The number of methoxy groups -OCH3 is 1. The van der Waals surface area contributed by atoms with Gasteiger partial charge in [0.1, 0.15) is 17.1 Å². The van der Waals surface area contributed by atoms with Crippen LogP contribution in [0.2, 0.25) is 0 Å². The first kappa shape index (κ1) is 18.0. The number of hydrogen-bond donors (Lipinski definition) is 1. The van der Waals surface area contributed by atoms with E-state index in [0.717, 1.165) is 29.8 Å². The fraction of sp³-hybridized carbons (Fsp3) is 0.286. The summed E-state index contributed by atoms with van der Waals surface area (Å²) in [6.07, 6.45) is 0. The first-order valence-electron chi connectivity index (χ1n) is 8.72. The molecule has 1 N–H and O–H groups in total. The fourth-order valence-corrected chi connectivity index (χ4v) is 3.03. The lowest BCUT2D eigenvalue weighted by Crippen LogP contribution is -2.22. The smallest absolute Gasteiger partial charge is 0.344 e. The molecule has 0 aliphatic rings. The van der Waals surface area contributed by atoms with Gasteiger partial charge < -0.3 is 14.3 Å². The van der Waals surface area contributed by atoms with Crippen LogP contribution < -0.4 is 10.4 Å². The Labute approximate surface area is 152 Å². The number of ether oxygens (including phenoxy) is 1. The largest absolute Gasteiger partial charge is 0.507 e. The van der Waals surface area contributed by atoms with Gasteiger partial charge in [0.2, 0.25) is 0 Å². The van der Waals surface area contributed by atoms with E-state index in [1.807, 2.05) is 30.3 Å². The zero-order valence-corrected chi connectivity index (χ0v) is 15.3. The molecule has 0 aliphatic carbocycles. The number of phenols is 1. The van der Waals surface area contributed by atoms with E-state index in [1.54, 1.807) is 19.2 Å².